The van der Waals surface area contributed by atoms with Crippen molar-refractivity contribution in [2.45, 2.75) is 13.3 Å². The molecule has 24 heavy (non-hydrogen) atoms. The molecule has 0 fully saturated rings. The van der Waals surface area contributed by atoms with E-state index in [0.29, 0.717) is 18.0 Å². The molecule has 126 valence electrons. The van der Waals surface area contributed by atoms with Gasteiger partial charge in [-0.25, -0.2) is 4.98 Å². The number of aldehydes is 1. The van der Waals surface area contributed by atoms with Gasteiger partial charge in [0.2, 0.25) is 0 Å². The number of anilines is 1. The summed E-state index contributed by atoms with van der Waals surface area (Å²) in [6, 6.07) is 3.97. The molecule has 1 aromatic rings. The zero-order valence-electron chi connectivity index (χ0n) is 13.7. The minimum Gasteiger partial charge on any atom is -0.367 e. The molecule has 1 aromatic heterocycles. The van der Waals surface area contributed by atoms with Crippen molar-refractivity contribution in [1.82, 2.24) is 4.98 Å². The second-order valence-corrected chi connectivity index (χ2v) is 7.58. The van der Waals surface area contributed by atoms with E-state index in [1.165, 1.54) is 11.8 Å². The fourth-order valence-electron chi connectivity index (χ4n) is 2.20. The van der Waals surface area contributed by atoms with E-state index in [0.717, 1.165) is 45.2 Å². The standard InChI is InChI=1S/C18H21N3OS2/c1-3-15-17(19)14(7-10-23-18(15)24-11-9-22)6-8-20-16-5-4-13(2)12-21-16/h3-6,9,12,19H,1,7-8,10-11H2,2H3,(H,20,21)/b14-6-,19-17?. The molecule has 0 aliphatic carbocycles. The van der Waals surface area contributed by atoms with E-state index < -0.39 is 0 Å². The molecule has 4 nitrogen and oxygen atoms in total. The van der Waals surface area contributed by atoms with Crippen molar-refractivity contribution in [2.24, 2.45) is 0 Å². The Morgan fingerprint density at radius 3 is 3.00 bits per heavy atom. The molecule has 0 spiro atoms. The Hall–Kier alpha value is -1.79. The van der Waals surface area contributed by atoms with Crippen molar-refractivity contribution in [3.63, 3.8) is 0 Å². The van der Waals surface area contributed by atoms with Crippen LogP contribution in [0.1, 0.15) is 12.0 Å². The van der Waals surface area contributed by atoms with Crippen molar-refractivity contribution in [3.05, 3.63) is 58.0 Å². The van der Waals surface area contributed by atoms with Gasteiger partial charge in [0.05, 0.1) is 11.5 Å². The third-order valence-corrected chi connectivity index (χ3v) is 5.83. The van der Waals surface area contributed by atoms with Gasteiger partial charge in [0.25, 0.3) is 0 Å². The predicted molar refractivity (Wildman–Crippen MR) is 106 cm³/mol. The molecule has 1 aliphatic heterocycles. The molecular weight excluding hydrogens is 338 g/mol. The van der Waals surface area contributed by atoms with Crippen molar-refractivity contribution < 1.29 is 4.79 Å². The van der Waals surface area contributed by atoms with E-state index >= 15 is 0 Å². The maximum atomic E-state index is 10.6. The van der Waals surface area contributed by atoms with Crippen LogP contribution in [0.3, 0.4) is 0 Å². The van der Waals surface area contributed by atoms with E-state index in [1.54, 1.807) is 17.8 Å². The van der Waals surface area contributed by atoms with Crippen LogP contribution < -0.4 is 5.32 Å². The van der Waals surface area contributed by atoms with Crippen molar-refractivity contribution in [1.29, 1.82) is 5.41 Å². The third kappa shape index (κ3) is 5.11. The molecule has 0 aromatic carbocycles. The van der Waals surface area contributed by atoms with Gasteiger partial charge in [0, 0.05) is 28.3 Å². The van der Waals surface area contributed by atoms with Gasteiger partial charge < -0.3 is 10.1 Å². The summed E-state index contributed by atoms with van der Waals surface area (Å²) >= 11 is 3.17. The number of thioether (sulfide) groups is 2. The number of hydrogen-bond donors (Lipinski definition) is 2. The van der Waals surface area contributed by atoms with Crippen LogP contribution in [-0.4, -0.2) is 35.0 Å². The molecule has 0 bridgehead atoms. The van der Waals surface area contributed by atoms with Crippen LogP contribution in [0.2, 0.25) is 0 Å². The fourth-order valence-corrected chi connectivity index (χ4v) is 4.40. The summed E-state index contributed by atoms with van der Waals surface area (Å²) in [5.74, 6) is 2.14. The first-order valence-corrected chi connectivity index (χ1v) is 9.63. The molecule has 1 aliphatic rings. The summed E-state index contributed by atoms with van der Waals surface area (Å²) < 4.78 is 1.01. The monoisotopic (exact) mass is 359 g/mol. The van der Waals surface area contributed by atoms with Gasteiger partial charge in [0.15, 0.2) is 0 Å². The summed E-state index contributed by atoms with van der Waals surface area (Å²) in [6.45, 7) is 6.47. The van der Waals surface area contributed by atoms with Crippen molar-refractivity contribution in [3.8, 4) is 0 Å². The first kappa shape index (κ1) is 18.5. The zero-order chi connectivity index (χ0) is 17.4. The van der Waals surface area contributed by atoms with Crippen LogP contribution in [0.25, 0.3) is 0 Å². The van der Waals surface area contributed by atoms with Crippen LogP contribution in [-0.2, 0) is 4.79 Å². The van der Waals surface area contributed by atoms with Crippen LogP contribution in [0, 0.1) is 12.3 Å². The number of nitrogens with one attached hydrogen (secondary N) is 2. The zero-order valence-corrected chi connectivity index (χ0v) is 15.3. The molecule has 0 radical (unpaired) electrons. The van der Waals surface area contributed by atoms with Gasteiger partial charge in [0.1, 0.15) is 12.1 Å². The van der Waals surface area contributed by atoms with Crippen LogP contribution in [0.15, 0.2) is 52.4 Å². The lowest BCUT2D eigenvalue weighted by molar-refractivity contribution is -0.105. The Morgan fingerprint density at radius 2 is 2.33 bits per heavy atom. The summed E-state index contributed by atoms with van der Waals surface area (Å²) in [7, 11) is 0. The molecule has 0 saturated heterocycles. The maximum absolute atomic E-state index is 10.6. The van der Waals surface area contributed by atoms with Gasteiger partial charge >= 0.3 is 0 Å². The summed E-state index contributed by atoms with van der Waals surface area (Å²) in [5.41, 5.74) is 3.45. The Kier molecular flexibility index (Phi) is 7.34. The van der Waals surface area contributed by atoms with E-state index in [-0.39, 0.29) is 0 Å². The number of hydrogen-bond acceptors (Lipinski definition) is 6. The SMILES string of the molecule is C=CC1=C(SCC=O)SCC/C(=C/CNc2ccc(C)cn2)C1=N. The second-order valence-electron chi connectivity index (χ2n) is 5.19. The minimum absolute atomic E-state index is 0.409. The summed E-state index contributed by atoms with van der Waals surface area (Å²) in [6.07, 6.45) is 7.31. The highest BCUT2D eigenvalue weighted by molar-refractivity contribution is 8.22. The molecule has 2 rings (SSSR count). The smallest absolute Gasteiger partial charge is 0.130 e. The van der Waals surface area contributed by atoms with E-state index in [9.17, 15) is 4.79 Å². The number of carbonyl (C=O) groups is 1. The first-order chi connectivity index (χ1) is 11.7. The highest BCUT2D eigenvalue weighted by Gasteiger charge is 2.18. The van der Waals surface area contributed by atoms with Gasteiger partial charge in [-0.3, -0.25) is 5.41 Å². The number of allylic oxidation sites excluding steroid dienone is 3. The Morgan fingerprint density at radius 1 is 1.50 bits per heavy atom. The van der Waals surface area contributed by atoms with Gasteiger partial charge in [-0.1, -0.05) is 24.8 Å². The Labute approximate surface area is 151 Å². The van der Waals surface area contributed by atoms with Gasteiger partial charge in [-0.15, -0.1) is 23.5 Å². The lowest BCUT2D eigenvalue weighted by Gasteiger charge is -2.09. The van der Waals surface area contributed by atoms with Crippen LogP contribution in [0.4, 0.5) is 5.82 Å². The van der Waals surface area contributed by atoms with Gasteiger partial charge in [-0.2, -0.15) is 0 Å². The second kappa shape index (κ2) is 9.49. The predicted octanol–water partition coefficient (Wildman–Crippen LogP) is 4.21. The molecule has 0 amide bonds. The van der Waals surface area contributed by atoms with Crippen molar-refractivity contribution in [2.75, 3.05) is 23.4 Å². The maximum Gasteiger partial charge on any atom is 0.130 e. The van der Waals surface area contributed by atoms with E-state index in [1.807, 2.05) is 31.3 Å². The Balaban J connectivity index is 2.07. The minimum atomic E-state index is 0.409. The number of pyridine rings is 1. The lowest BCUT2D eigenvalue weighted by Crippen LogP contribution is -2.08. The molecule has 2 heterocycles. The lowest BCUT2D eigenvalue weighted by atomic mass is 10.0. The van der Waals surface area contributed by atoms with E-state index in [4.69, 9.17) is 5.41 Å². The number of carbonyl (C=O) groups excluding carboxylic acids is 1. The quantitative estimate of drug-likeness (QED) is 0.714. The average Bonchev–Trinajstić information content (AvgIpc) is 2.73. The average molecular weight is 360 g/mol. The van der Waals surface area contributed by atoms with Gasteiger partial charge in [-0.05, 0) is 30.5 Å². The largest absolute Gasteiger partial charge is 0.367 e. The van der Waals surface area contributed by atoms with Crippen LogP contribution >= 0.6 is 23.5 Å². The summed E-state index contributed by atoms with van der Waals surface area (Å²) in [5, 5.41) is 11.7. The topological polar surface area (TPSA) is 65.8 Å². The molecule has 2 N–H and O–H groups in total. The first-order valence-electron chi connectivity index (χ1n) is 7.66. The Bertz CT molecular complexity index is 678. The molecular formula is C18H21N3OS2. The highest BCUT2D eigenvalue weighted by Crippen LogP contribution is 2.37. The number of aryl methyl sites for hydroxylation is 1. The van der Waals surface area contributed by atoms with E-state index in [2.05, 4.69) is 16.9 Å². The van der Waals surface area contributed by atoms with Crippen LogP contribution in [0.5, 0.6) is 0 Å². The normalized spacial score (nSPS) is 16.9. The molecule has 0 saturated carbocycles. The fraction of sp³-hybridized carbons (Fsp3) is 0.278. The molecule has 0 unspecified atom stereocenters. The molecule has 6 heteroatoms. The molecule has 0 atom stereocenters. The number of aromatic nitrogens is 1. The third-order valence-electron chi connectivity index (χ3n) is 3.44. The van der Waals surface area contributed by atoms with Crippen molar-refractivity contribution >= 4 is 41.3 Å². The summed E-state index contributed by atoms with van der Waals surface area (Å²) in [4.78, 5) is 14.9. The number of rotatable bonds is 7. The number of nitrogens with zero attached hydrogens (tertiary/aromatic N) is 1. The highest BCUT2D eigenvalue weighted by atomic mass is 32.2.